The number of nitrogens with two attached hydrogens (primary N) is 1. The molecule has 2 heterocycles. The van der Waals surface area contributed by atoms with Crippen LogP contribution in [0.1, 0.15) is 37.6 Å². The SMILES string of the molecule is C=CC(=O)N(CC)CC.Cc1ccc(F)c(O)c1N1CCc2c(N)nc(O[C@H](C)CN(C)C)nc2C1. The van der Waals surface area contributed by atoms with Gasteiger partial charge in [-0.3, -0.25) is 4.79 Å². The maximum absolute atomic E-state index is 13.8. The van der Waals surface area contributed by atoms with E-state index in [-0.39, 0.29) is 23.8 Å². The highest BCUT2D eigenvalue weighted by atomic mass is 19.1. The number of phenols is 1. The maximum atomic E-state index is 13.8. The first kappa shape index (κ1) is 28.8. The molecule has 0 bridgehead atoms. The molecule has 9 nitrogen and oxygen atoms in total. The molecule has 0 radical (unpaired) electrons. The summed E-state index contributed by atoms with van der Waals surface area (Å²) in [6, 6.07) is 3.17. The van der Waals surface area contributed by atoms with Crippen LogP contribution in [0.25, 0.3) is 0 Å². The molecule has 0 fully saturated rings. The summed E-state index contributed by atoms with van der Waals surface area (Å²) in [6.07, 6.45) is 1.86. The van der Waals surface area contributed by atoms with Crippen molar-refractivity contribution in [1.82, 2.24) is 19.8 Å². The summed E-state index contributed by atoms with van der Waals surface area (Å²) in [5.74, 6) is -0.548. The zero-order chi connectivity index (χ0) is 27.0. The summed E-state index contributed by atoms with van der Waals surface area (Å²) in [6.45, 7) is 14.3. The van der Waals surface area contributed by atoms with Crippen molar-refractivity contribution in [3.8, 4) is 11.8 Å². The smallest absolute Gasteiger partial charge is 0.318 e. The van der Waals surface area contributed by atoms with E-state index >= 15 is 0 Å². The molecule has 1 amide bonds. The monoisotopic (exact) mass is 502 g/mol. The quantitative estimate of drug-likeness (QED) is 0.530. The van der Waals surface area contributed by atoms with Crippen molar-refractivity contribution in [2.75, 3.05) is 50.9 Å². The normalized spacial score (nSPS) is 13.4. The third-order valence-corrected chi connectivity index (χ3v) is 5.88. The molecule has 198 valence electrons. The molecule has 0 saturated carbocycles. The van der Waals surface area contributed by atoms with Gasteiger partial charge < -0.3 is 30.3 Å². The van der Waals surface area contributed by atoms with Gasteiger partial charge in [0.15, 0.2) is 11.6 Å². The lowest BCUT2D eigenvalue weighted by atomic mass is 10.0. The number of carbonyl (C=O) groups is 1. The molecule has 36 heavy (non-hydrogen) atoms. The van der Waals surface area contributed by atoms with Crippen molar-refractivity contribution in [3.05, 3.63) is 47.4 Å². The molecule has 0 aliphatic carbocycles. The number of amides is 1. The molecule has 0 saturated heterocycles. The van der Waals surface area contributed by atoms with E-state index in [1.807, 2.05) is 51.6 Å². The first-order valence-electron chi connectivity index (χ1n) is 12.1. The maximum Gasteiger partial charge on any atom is 0.318 e. The molecule has 10 heteroatoms. The number of ether oxygens (including phenoxy) is 1. The van der Waals surface area contributed by atoms with Crippen LogP contribution in [0.5, 0.6) is 11.8 Å². The number of aromatic hydroxyl groups is 1. The average Bonchev–Trinajstić information content (AvgIpc) is 2.82. The van der Waals surface area contributed by atoms with E-state index in [9.17, 15) is 14.3 Å². The molecule has 0 unspecified atom stereocenters. The van der Waals surface area contributed by atoms with Crippen molar-refractivity contribution in [2.45, 2.75) is 46.8 Å². The number of benzene rings is 1. The van der Waals surface area contributed by atoms with E-state index in [2.05, 4.69) is 16.5 Å². The lowest BCUT2D eigenvalue weighted by Gasteiger charge is -2.32. The minimum absolute atomic E-state index is 0.0139. The van der Waals surface area contributed by atoms with E-state index in [4.69, 9.17) is 10.5 Å². The number of hydrogen-bond donors (Lipinski definition) is 2. The Bertz CT molecular complexity index is 1060. The van der Waals surface area contributed by atoms with Gasteiger partial charge in [-0.1, -0.05) is 12.6 Å². The van der Waals surface area contributed by atoms with Gasteiger partial charge in [0.1, 0.15) is 11.9 Å². The molecule has 1 aliphatic heterocycles. The van der Waals surface area contributed by atoms with Crippen LogP contribution >= 0.6 is 0 Å². The zero-order valence-corrected chi connectivity index (χ0v) is 22.2. The van der Waals surface area contributed by atoms with Gasteiger partial charge in [0.05, 0.1) is 17.9 Å². The fourth-order valence-corrected chi connectivity index (χ4v) is 4.13. The van der Waals surface area contributed by atoms with E-state index in [1.54, 1.807) is 11.0 Å². The van der Waals surface area contributed by atoms with Gasteiger partial charge in [-0.2, -0.15) is 9.97 Å². The van der Waals surface area contributed by atoms with Gasteiger partial charge in [-0.05, 0) is 65.9 Å². The summed E-state index contributed by atoms with van der Waals surface area (Å²) >= 11 is 0. The van der Waals surface area contributed by atoms with Crippen LogP contribution in [0.3, 0.4) is 0 Å². The number of nitrogens with zero attached hydrogens (tertiary/aromatic N) is 5. The summed E-state index contributed by atoms with van der Waals surface area (Å²) < 4.78 is 19.6. The Hall–Kier alpha value is -3.40. The van der Waals surface area contributed by atoms with Crippen molar-refractivity contribution >= 4 is 17.4 Å². The number of hydrogen-bond acceptors (Lipinski definition) is 8. The van der Waals surface area contributed by atoms with Gasteiger partial charge in [-0.15, -0.1) is 0 Å². The summed E-state index contributed by atoms with van der Waals surface area (Å²) in [5.41, 5.74) is 9.03. The van der Waals surface area contributed by atoms with Crippen LogP contribution in [0.15, 0.2) is 24.8 Å². The second-order valence-corrected chi connectivity index (χ2v) is 8.96. The van der Waals surface area contributed by atoms with Crippen LogP contribution in [-0.2, 0) is 17.8 Å². The zero-order valence-electron chi connectivity index (χ0n) is 22.2. The van der Waals surface area contributed by atoms with Crippen LogP contribution in [-0.4, -0.2) is 77.2 Å². The van der Waals surface area contributed by atoms with Gasteiger partial charge in [-0.25, -0.2) is 4.39 Å². The first-order valence-corrected chi connectivity index (χ1v) is 12.1. The van der Waals surface area contributed by atoms with Crippen molar-refractivity contribution < 1.29 is 19.0 Å². The van der Waals surface area contributed by atoms with Crippen molar-refractivity contribution in [2.24, 2.45) is 0 Å². The number of nitrogen functional groups attached to an aromatic ring is 1. The lowest BCUT2D eigenvalue weighted by Crippen LogP contribution is -2.33. The van der Waals surface area contributed by atoms with Gasteiger partial charge in [0, 0.05) is 31.7 Å². The van der Waals surface area contributed by atoms with Crippen LogP contribution < -0.4 is 15.4 Å². The Kier molecular flexibility index (Phi) is 10.5. The Morgan fingerprint density at radius 2 is 2.00 bits per heavy atom. The predicted octanol–water partition coefficient (Wildman–Crippen LogP) is 3.14. The molecule has 3 rings (SSSR count). The van der Waals surface area contributed by atoms with Crippen molar-refractivity contribution in [3.63, 3.8) is 0 Å². The predicted molar refractivity (Wildman–Crippen MR) is 141 cm³/mol. The molecule has 3 N–H and O–H groups in total. The second-order valence-electron chi connectivity index (χ2n) is 8.96. The highest BCUT2D eigenvalue weighted by Crippen LogP contribution is 2.36. The summed E-state index contributed by atoms with van der Waals surface area (Å²) in [5, 5.41) is 10.2. The molecule has 1 aromatic carbocycles. The topological polar surface area (TPSA) is 108 Å². The van der Waals surface area contributed by atoms with Crippen LogP contribution in [0.2, 0.25) is 0 Å². The number of rotatable bonds is 8. The Morgan fingerprint density at radius 1 is 1.33 bits per heavy atom. The highest BCUT2D eigenvalue weighted by molar-refractivity contribution is 5.86. The first-order chi connectivity index (χ1) is 17.0. The van der Waals surface area contributed by atoms with E-state index in [0.717, 1.165) is 36.5 Å². The molecule has 0 spiro atoms. The van der Waals surface area contributed by atoms with Gasteiger partial charge in [0.2, 0.25) is 5.91 Å². The Labute approximate surface area is 213 Å². The number of likely N-dealkylation sites (N-methyl/N-ethyl adjacent to an activating group) is 2. The second kappa shape index (κ2) is 13.1. The Morgan fingerprint density at radius 3 is 2.56 bits per heavy atom. The minimum Gasteiger partial charge on any atom is -0.503 e. The molecule has 1 aliphatic rings. The largest absolute Gasteiger partial charge is 0.503 e. The standard InChI is InChI=1S/C19H26FN5O2.C7H13NO/c1-11-5-6-14(20)17(26)16(11)25-8-7-13-15(10-25)22-19(23-18(13)21)27-12(2)9-24(3)4;1-4-7(9)8(5-2)6-3/h5-6,12,26H,7-10H2,1-4H3,(H2,21,22,23);4H,1,5-6H2,2-3H3/t12-;/m1./s1. The number of halogens is 1. The van der Waals surface area contributed by atoms with E-state index in [1.165, 1.54) is 12.1 Å². The fourth-order valence-electron chi connectivity index (χ4n) is 4.13. The number of phenolic OH excluding ortho intramolecular Hbond substituents is 1. The number of carbonyl (C=O) groups excluding carboxylic acids is 1. The number of fused-ring (bicyclic) bond motifs is 1. The number of anilines is 2. The molecular weight excluding hydrogens is 463 g/mol. The van der Waals surface area contributed by atoms with Gasteiger partial charge >= 0.3 is 6.01 Å². The molecule has 2 aromatic rings. The third-order valence-electron chi connectivity index (χ3n) is 5.88. The molecular formula is C26H39FN6O3. The molecule has 1 aromatic heterocycles. The number of aromatic nitrogens is 2. The van der Waals surface area contributed by atoms with E-state index < -0.39 is 5.82 Å². The third kappa shape index (κ3) is 7.30. The summed E-state index contributed by atoms with van der Waals surface area (Å²) in [7, 11) is 3.93. The van der Waals surface area contributed by atoms with Crippen LogP contribution in [0, 0.1) is 12.7 Å². The number of aryl methyl sites for hydroxylation is 1. The summed E-state index contributed by atoms with van der Waals surface area (Å²) in [4.78, 5) is 25.2. The fraction of sp³-hybridized carbons (Fsp3) is 0.500. The van der Waals surface area contributed by atoms with Crippen LogP contribution in [0.4, 0.5) is 15.9 Å². The average molecular weight is 503 g/mol. The Balaban J connectivity index is 0.000000434. The lowest BCUT2D eigenvalue weighted by molar-refractivity contribution is -0.125. The van der Waals surface area contributed by atoms with Crippen molar-refractivity contribution in [1.29, 1.82) is 0 Å². The molecule has 1 atom stereocenters. The highest BCUT2D eigenvalue weighted by Gasteiger charge is 2.26. The minimum atomic E-state index is -0.634. The van der Waals surface area contributed by atoms with Gasteiger partial charge in [0.25, 0.3) is 0 Å². The van der Waals surface area contributed by atoms with E-state index in [0.29, 0.717) is 31.0 Å².